The molecule has 1 unspecified atom stereocenters. The summed E-state index contributed by atoms with van der Waals surface area (Å²) in [4.78, 5) is 18.6. The van der Waals surface area contributed by atoms with Crippen LogP contribution in [0, 0.1) is 6.92 Å². The lowest BCUT2D eigenvalue weighted by molar-refractivity contribution is -0.132. The van der Waals surface area contributed by atoms with Crippen LogP contribution in [-0.2, 0) is 4.79 Å². The molecule has 0 N–H and O–H groups in total. The molecule has 2 aromatic rings. The normalized spacial score (nSPS) is 18.2. The highest BCUT2D eigenvalue weighted by Crippen LogP contribution is 2.28. The monoisotopic (exact) mass is 313 g/mol. The number of nitrogens with zero attached hydrogens (tertiary/aromatic N) is 3. The van der Waals surface area contributed by atoms with Crippen LogP contribution in [0.5, 0.6) is 0 Å². The molecule has 122 valence electrons. The summed E-state index contributed by atoms with van der Waals surface area (Å²) < 4.78 is 5.49. The fourth-order valence-electron chi connectivity index (χ4n) is 3.08. The number of hydrogen-bond acceptors (Lipinski definition) is 4. The molecule has 0 radical (unpaired) electrons. The van der Waals surface area contributed by atoms with Crippen molar-refractivity contribution in [2.24, 2.45) is 0 Å². The highest BCUT2D eigenvalue weighted by atomic mass is 16.5. The SMILES string of the molecule is CCCC(=O)N1CCCC(c2nc(-c3cccc(C)c3)no2)C1. The summed E-state index contributed by atoms with van der Waals surface area (Å²) in [5.74, 6) is 1.66. The van der Waals surface area contributed by atoms with E-state index in [0.29, 0.717) is 24.7 Å². The molecule has 5 heteroatoms. The molecule has 2 heterocycles. The molecule has 1 atom stereocenters. The number of amides is 1. The molecule has 1 amide bonds. The highest BCUT2D eigenvalue weighted by molar-refractivity contribution is 5.76. The van der Waals surface area contributed by atoms with Gasteiger partial charge in [-0.3, -0.25) is 4.79 Å². The first-order chi connectivity index (χ1) is 11.2. The first kappa shape index (κ1) is 15.7. The zero-order chi connectivity index (χ0) is 16.2. The number of carbonyl (C=O) groups is 1. The molecule has 0 aliphatic carbocycles. The number of rotatable bonds is 4. The van der Waals surface area contributed by atoms with Crippen molar-refractivity contribution in [2.45, 2.75) is 45.4 Å². The summed E-state index contributed by atoms with van der Waals surface area (Å²) in [6, 6.07) is 8.07. The summed E-state index contributed by atoms with van der Waals surface area (Å²) in [6.07, 6.45) is 3.48. The molecule has 3 rings (SSSR count). The molecule has 1 saturated heterocycles. The Balaban J connectivity index is 1.73. The number of carbonyl (C=O) groups excluding carboxylic acids is 1. The Bertz CT molecular complexity index is 680. The zero-order valence-corrected chi connectivity index (χ0v) is 13.8. The number of likely N-dealkylation sites (tertiary alicyclic amines) is 1. The van der Waals surface area contributed by atoms with Gasteiger partial charge in [-0.2, -0.15) is 4.98 Å². The standard InChI is InChI=1S/C18H23N3O2/c1-3-6-16(22)21-10-5-9-15(12-21)18-19-17(20-23-18)14-8-4-7-13(2)11-14/h4,7-8,11,15H,3,5-6,9-10,12H2,1-2H3. The van der Waals surface area contributed by atoms with Crippen molar-refractivity contribution in [3.05, 3.63) is 35.7 Å². The van der Waals surface area contributed by atoms with Crippen molar-refractivity contribution in [3.63, 3.8) is 0 Å². The van der Waals surface area contributed by atoms with Gasteiger partial charge in [-0.25, -0.2) is 0 Å². The molecule has 23 heavy (non-hydrogen) atoms. The van der Waals surface area contributed by atoms with Gasteiger partial charge in [-0.15, -0.1) is 0 Å². The van der Waals surface area contributed by atoms with Crippen molar-refractivity contribution < 1.29 is 9.32 Å². The van der Waals surface area contributed by atoms with E-state index in [1.54, 1.807) is 0 Å². The Kier molecular flexibility index (Phi) is 4.74. The van der Waals surface area contributed by atoms with Gasteiger partial charge < -0.3 is 9.42 Å². The predicted octanol–water partition coefficient (Wildman–Crippen LogP) is 3.55. The molecule has 1 aromatic heterocycles. The summed E-state index contributed by atoms with van der Waals surface area (Å²) in [6.45, 7) is 5.61. The molecule has 0 bridgehead atoms. The number of piperidine rings is 1. The van der Waals surface area contributed by atoms with Gasteiger partial charge in [0.1, 0.15) is 0 Å². The van der Waals surface area contributed by atoms with Gasteiger partial charge in [0.2, 0.25) is 17.6 Å². The first-order valence-electron chi connectivity index (χ1n) is 8.35. The van der Waals surface area contributed by atoms with Gasteiger partial charge in [0.25, 0.3) is 0 Å². The van der Waals surface area contributed by atoms with Gasteiger partial charge in [0.05, 0.1) is 5.92 Å². The lowest BCUT2D eigenvalue weighted by Gasteiger charge is -2.31. The molecule has 0 saturated carbocycles. The van der Waals surface area contributed by atoms with Crippen LogP contribution in [0.3, 0.4) is 0 Å². The minimum atomic E-state index is 0.149. The first-order valence-corrected chi connectivity index (χ1v) is 8.35. The Morgan fingerprint density at radius 3 is 3.09 bits per heavy atom. The molecule has 1 fully saturated rings. The fraction of sp³-hybridized carbons (Fsp3) is 0.500. The Hall–Kier alpha value is -2.17. The average Bonchev–Trinajstić information content (AvgIpc) is 3.05. The number of aryl methyl sites for hydroxylation is 1. The smallest absolute Gasteiger partial charge is 0.231 e. The maximum Gasteiger partial charge on any atom is 0.231 e. The zero-order valence-electron chi connectivity index (χ0n) is 13.8. The predicted molar refractivity (Wildman–Crippen MR) is 87.9 cm³/mol. The van der Waals surface area contributed by atoms with Gasteiger partial charge >= 0.3 is 0 Å². The lowest BCUT2D eigenvalue weighted by Crippen LogP contribution is -2.39. The van der Waals surface area contributed by atoms with Crippen molar-refractivity contribution in [2.75, 3.05) is 13.1 Å². The van der Waals surface area contributed by atoms with Crippen LogP contribution in [0.15, 0.2) is 28.8 Å². The van der Waals surface area contributed by atoms with E-state index in [0.717, 1.165) is 31.4 Å². The molecule has 5 nitrogen and oxygen atoms in total. The summed E-state index contributed by atoms with van der Waals surface area (Å²) in [5.41, 5.74) is 2.14. The van der Waals surface area contributed by atoms with Crippen molar-refractivity contribution in [3.8, 4) is 11.4 Å². The van der Waals surface area contributed by atoms with E-state index in [9.17, 15) is 4.79 Å². The highest BCUT2D eigenvalue weighted by Gasteiger charge is 2.28. The van der Waals surface area contributed by atoms with E-state index in [2.05, 4.69) is 10.1 Å². The van der Waals surface area contributed by atoms with Crippen molar-refractivity contribution in [1.82, 2.24) is 15.0 Å². The molecule has 1 aliphatic heterocycles. The van der Waals surface area contributed by atoms with Crippen LogP contribution in [0.2, 0.25) is 0 Å². The lowest BCUT2D eigenvalue weighted by atomic mass is 9.97. The second-order valence-corrected chi connectivity index (χ2v) is 6.25. The van der Waals surface area contributed by atoms with Gasteiger partial charge in [0.15, 0.2) is 0 Å². The average molecular weight is 313 g/mol. The van der Waals surface area contributed by atoms with Crippen LogP contribution in [0.1, 0.15) is 50.0 Å². The minimum Gasteiger partial charge on any atom is -0.342 e. The Labute approximate surface area is 136 Å². The van der Waals surface area contributed by atoms with Crippen molar-refractivity contribution in [1.29, 1.82) is 0 Å². The summed E-state index contributed by atoms with van der Waals surface area (Å²) in [5, 5.41) is 4.12. The van der Waals surface area contributed by atoms with Crippen LogP contribution in [0.4, 0.5) is 0 Å². The maximum absolute atomic E-state index is 12.1. The summed E-state index contributed by atoms with van der Waals surface area (Å²) >= 11 is 0. The van der Waals surface area contributed by atoms with Crippen LogP contribution < -0.4 is 0 Å². The topological polar surface area (TPSA) is 59.2 Å². The minimum absolute atomic E-state index is 0.149. The van der Waals surface area contributed by atoms with Crippen LogP contribution in [-0.4, -0.2) is 34.0 Å². The van der Waals surface area contributed by atoms with Gasteiger partial charge in [-0.1, -0.05) is 35.8 Å². The Morgan fingerprint density at radius 1 is 1.43 bits per heavy atom. The second kappa shape index (κ2) is 6.94. The number of aromatic nitrogens is 2. The molecule has 1 aliphatic rings. The third kappa shape index (κ3) is 3.60. The summed E-state index contributed by atoms with van der Waals surface area (Å²) in [7, 11) is 0. The van der Waals surface area contributed by atoms with E-state index in [-0.39, 0.29) is 11.8 Å². The quantitative estimate of drug-likeness (QED) is 0.866. The third-order valence-electron chi connectivity index (χ3n) is 4.31. The van der Waals surface area contributed by atoms with Gasteiger partial charge in [-0.05, 0) is 32.3 Å². The van der Waals surface area contributed by atoms with Crippen LogP contribution >= 0.6 is 0 Å². The molecular formula is C18H23N3O2. The van der Waals surface area contributed by atoms with E-state index >= 15 is 0 Å². The van der Waals surface area contributed by atoms with E-state index in [1.165, 1.54) is 5.56 Å². The van der Waals surface area contributed by atoms with E-state index < -0.39 is 0 Å². The number of benzene rings is 1. The maximum atomic E-state index is 12.1. The number of hydrogen-bond donors (Lipinski definition) is 0. The fourth-order valence-corrected chi connectivity index (χ4v) is 3.08. The molecule has 1 aromatic carbocycles. The third-order valence-corrected chi connectivity index (χ3v) is 4.31. The second-order valence-electron chi connectivity index (χ2n) is 6.25. The van der Waals surface area contributed by atoms with E-state index in [4.69, 9.17) is 4.52 Å². The van der Waals surface area contributed by atoms with Crippen LogP contribution in [0.25, 0.3) is 11.4 Å². The van der Waals surface area contributed by atoms with Gasteiger partial charge in [0, 0.05) is 25.1 Å². The molecular weight excluding hydrogens is 290 g/mol. The largest absolute Gasteiger partial charge is 0.342 e. The van der Waals surface area contributed by atoms with E-state index in [1.807, 2.05) is 43.0 Å². The van der Waals surface area contributed by atoms with Crippen molar-refractivity contribution >= 4 is 5.91 Å². The Morgan fingerprint density at radius 2 is 2.30 bits per heavy atom. The molecule has 0 spiro atoms.